The van der Waals surface area contributed by atoms with Crippen LogP contribution in [0.25, 0.3) is 10.9 Å². The number of amides is 1. The Hall–Kier alpha value is -2.21. The number of para-hydroxylation sites is 1. The van der Waals surface area contributed by atoms with E-state index in [1.807, 2.05) is 24.0 Å². The summed E-state index contributed by atoms with van der Waals surface area (Å²) in [6.07, 6.45) is 5.19. The second-order valence-electron chi connectivity index (χ2n) is 7.17. The van der Waals surface area contributed by atoms with Crippen molar-refractivity contribution in [1.29, 1.82) is 0 Å². The molecule has 132 valence electrons. The van der Waals surface area contributed by atoms with E-state index in [0.717, 1.165) is 31.7 Å². The normalized spacial score (nSPS) is 21.3. The molecule has 6 nitrogen and oxygen atoms in total. The average molecular weight is 340 g/mol. The fraction of sp³-hybridized carbons (Fsp3) is 0.526. The first-order valence-electron chi connectivity index (χ1n) is 9.10. The lowest BCUT2D eigenvalue weighted by Crippen LogP contribution is -2.56. The Morgan fingerprint density at radius 1 is 1.24 bits per heavy atom. The molecule has 6 heteroatoms. The van der Waals surface area contributed by atoms with E-state index in [0.29, 0.717) is 16.9 Å². The lowest BCUT2D eigenvalue weighted by atomic mass is 9.99. The number of aromatic nitrogens is 2. The first-order chi connectivity index (χ1) is 12.1. The van der Waals surface area contributed by atoms with Gasteiger partial charge in [0.05, 0.1) is 17.2 Å². The van der Waals surface area contributed by atoms with Crippen molar-refractivity contribution in [1.82, 2.24) is 19.4 Å². The molecule has 2 fully saturated rings. The maximum atomic E-state index is 12.7. The van der Waals surface area contributed by atoms with Gasteiger partial charge in [-0.1, -0.05) is 18.6 Å². The summed E-state index contributed by atoms with van der Waals surface area (Å²) in [5.74, 6) is 0.0149. The van der Waals surface area contributed by atoms with Gasteiger partial charge in [0.1, 0.15) is 6.54 Å². The lowest BCUT2D eigenvalue weighted by molar-refractivity contribution is -0.135. The first kappa shape index (κ1) is 16.3. The molecule has 2 saturated heterocycles. The van der Waals surface area contributed by atoms with Crippen LogP contribution in [-0.4, -0.2) is 57.5 Å². The molecule has 0 spiro atoms. The lowest BCUT2D eigenvalue weighted by Gasteiger charge is -2.44. The van der Waals surface area contributed by atoms with Gasteiger partial charge in [-0.25, -0.2) is 4.98 Å². The number of carbonyl (C=O) groups is 1. The minimum absolute atomic E-state index is 0.0149. The summed E-state index contributed by atoms with van der Waals surface area (Å²) in [7, 11) is 0. The quantitative estimate of drug-likeness (QED) is 0.829. The van der Waals surface area contributed by atoms with Crippen molar-refractivity contribution in [3.8, 4) is 0 Å². The van der Waals surface area contributed by atoms with Crippen molar-refractivity contribution in [3.63, 3.8) is 0 Å². The summed E-state index contributed by atoms with van der Waals surface area (Å²) in [6.45, 7) is 5.65. The van der Waals surface area contributed by atoms with Gasteiger partial charge < -0.3 is 4.90 Å². The van der Waals surface area contributed by atoms with Crippen LogP contribution in [-0.2, 0) is 11.3 Å². The van der Waals surface area contributed by atoms with Crippen molar-refractivity contribution in [2.75, 3.05) is 26.2 Å². The summed E-state index contributed by atoms with van der Waals surface area (Å²) in [4.78, 5) is 34.2. The van der Waals surface area contributed by atoms with Gasteiger partial charge in [-0.3, -0.25) is 19.1 Å². The molecule has 1 amide bonds. The highest BCUT2D eigenvalue weighted by atomic mass is 16.2. The molecule has 0 N–H and O–H groups in total. The summed E-state index contributed by atoms with van der Waals surface area (Å²) in [6, 6.07) is 6.06. The number of benzene rings is 1. The van der Waals surface area contributed by atoms with Crippen LogP contribution < -0.4 is 5.56 Å². The van der Waals surface area contributed by atoms with Crippen molar-refractivity contribution < 1.29 is 4.79 Å². The van der Waals surface area contributed by atoms with Crippen molar-refractivity contribution in [2.24, 2.45) is 0 Å². The highest BCUT2D eigenvalue weighted by Crippen LogP contribution is 2.21. The topological polar surface area (TPSA) is 58.4 Å². The Bertz CT molecular complexity index is 860. The number of piperidine rings is 1. The number of piperazine rings is 1. The van der Waals surface area contributed by atoms with Gasteiger partial charge in [-0.2, -0.15) is 0 Å². The van der Waals surface area contributed by atoms with E-state index in [1.54, 1.807) is 6.07 Å². The summed E-state index contributed by atoms with van der Waals surface area (Å²) in [5, 5.41) is 0.576. The third-order valence-corrected chi connectivity index (χ3v) is 5.55. The predicted molar refractivity (Wildman–Crippen MR) is 96.5 cm³/mol. The van der Waals surface area contributed by atoms with E-state index in [1.165, 1.54) is 30.2 Å². The fourth-order valence-corrected chi connectivity index (χ4v) is 4.08. The smallest absolute Gasteiger partial charge is 0.261 e. The zero-order valence-electron chi connectivity index (χ0n) is 14.6. The van der Waals surface area contributed by atoms with E-state index in [9.17, 15) is 9.59 Å². The minimum Gasteiger partial charge on any atom is -0.338 e. The largest absolute Gasteiger partial charge is 0.338 e. The predicted octanol–water partition coefficient (Wildman–Crippen LogP) is 1.40. The number of rotatable bonds is 2. The number of fused-ring (bicyclic) bond motifs is 2. The van der Waals surface area contributed by atoms with Gasteiger partial charge >= 0.3 is 0 Å². The molecular weight excluding hydrogens is 316 g/mol. The van der Waals surface area contributed by atoms with Crippen LogP contribution in [0.15, 0.2) is 29.3 Å². The van der Waals surface area contributed by atoms with Crippen molar-refractivity contribution >= 4 is 16.8 Å². The van der Waals surface area contributed by atoms with E-state index < -0.39 is 0 Å². The van der Waals surface area contributed by atoms with Gasteiger partial charge in [-0.05, 0) is 37.9 Å². The van der Waals surface area contributed by atoms with Crippen LogP contribution in [0.5, 0.6) is 0 Å². The Balaban J connectivity index is 1.52. The fourth-order valence-electron chi connectivity index (χ4n) is 4.08. The molecule has 2 aliphatic heterocycles. The molecule has 1 atom stereocenters. The van der Waals surface area contributed by atoms with Gasteiger partial charge in [-0.15, -0.1) is 0 Å². The standard InChI is InChI=1S/C19H24N4O2/c1-14-5-4-7-16-18(14)20-13-23(19(16)25)12-17(24)22-10-9-21-8-3-2-6-15(21)11-22/h4-5,7,13,15H,2-3,6,8-12H2,1H3. The minimum atomic E-state index is -0.140. The zero-order chi connectivity index (χ0) is 17.4. The van der Waals surface area contributed by atoms with E-state index >= 15 is 0 Å². The summed E-state index contributed by atoms with van der Waals surface area (Å²) in [5.41, 5.74) is 1.55. The summed E-state index contributed by atoms with van der Waals surface area (Å²) >= 11 is 0. The molecule has 4 rings (SSSR count). The van der Waals surface area contributed by atoms with Gasteiger partial charge in [0.15, 0.2) is 0 Å². The van der Waals surface area contributed by atoms with Gasteiger partial charge in [0.2, 0.25) is 5.91 Å². The highest BCUT2D eigenvalue weighted by Gasteiger charge is 2.31. The maximum Gasteiger partial charge on any atom is 0.261 e. The monoisotopic (exact) mass is 340 g/mol. The molecule has 0 aliphatic carbocycles. The third-order valence-electron chi connectivity index (χ3n) is 5.55. The number of carbonyl (C=O) groups excluding carboxylic acids is 1. The molecule has 3 heterocycles. The number of hydrogen-bond acceptors (Lipinski definition) is 4. The number of nitrogens with zero attached hydrogens (tertiary/aromatic N) is 4. The molecular formula is C19H24N4O2. The van der Waals surface area contributed by atoms with Crippen molar-refractivity contribution in [3.05, 3.63) is 40.4 Å². The molecule has 25 heavy (non-hydrogen) atoms. The van der Waals surface area contributed by atoms with Gasteiger partial charge in [0, 0.05) is 25.7 Å². The molecule has 1 unspecified atom stereocenters. The molecule has 2 aliphatic rings. The molecule has 0 saturated carbocycles. The molecule has 0 radical (unpaired) electrons. The van der Waals surface area contributed by atoms with E-state index in [-0.39, 0.29) is 18.0 Å². The van der Waals surface area contributed by atoms with Crippen LogP contribution >= 0.6 is 0 Å². The van der Waals surface area contributed by atoms with Crippen LogP contribution in [0.2, 0.25) is 0 Å². The van der Waals surface area contributed by atoms with Crippen LogP contribution in [0.4, 0.5) is 0 Å². The molecule has 2 aromatic rings. The highest BCUT2D eigenvalue weighted by molar-refractivity contribution is 5.81. The Labute approximate surface area is 147 Å². The molecule has 1 aromatic heterocycles. The second-order valence-corrected chi connectivity index (χ2v) is 7.17. The zero-order valence-corrected chi connectivity index (χ0v) is 14.6. The number of aryl methyl sites for hydroxylation is 1. The van der Waals surface area contributed by atoms with Crippen LogP contribution in [0, 0.1) is 6.92 Å². The first-order valence-corrected chi connectivity index (χ1v) is 9.10. The second kappa shape index (κ2) is 6.59. The Morgan fingerprint density at radius 3 is 3.00 bits per heavy atom. The maximum absolute atomic E-state index is 12.7. The Kier molecular flexibility index (Phi) is 4.29. The Morgan fingerprint density at radius 2 is 2.12 bits per heavy atom. The van der Waals surface area contributed by atoms with E-state index in [2.05, 4.69) is 9.88 Å². The van der Waals surface area contributed by atoms with Gasteiger partial charge in [0.25, 0.3) is 5.56 Å². The van der Waals surface area contributed by atoms with E-state index in [4.69, 9.17) is 0 Å². The molecule has 1 aromatic carbocycles. The third kappa shape index (κ3) is 3.06. The summed E-state index contributed by atoms with van der Waals surface area (Å²) < 4.78 is 1.44. The number of hydrogen-bond donors (Lipinski definition) is 0. The SMILES string of the molecule is Cc1cccc2c(=O)n(CC(=O)N3CCN4CCCCC4C3)cnc12. The van der Waals surface area contributed by atoms with Crippen LogP contribution in [0.3, 0.4) is 0 Å². The van der Waals surface area contributed by atoms with Crippen LogP contribution in [0.1, 0.15) is 24.8 Å². The average Bonchev–Trinajstić information content (AvgIpc) is 2.64. The van der Waals surface area contributed by atoms with Crippen molar-refractivity contribution in [2.45, 2.75) is 38.8 Å². The molecule has 0 bridgehead atoms.